The summed E-state index contributed by atoms with van der Waals surface area (Å²) in [5, 5.41) is 0. The molecule has 0 saturated carbocycles. The number of hydrogen-bond acceptors (Lipinski definition) is 2. The van der Waals surface area contributed by atoms with Crippen LogP contribution < -0.4 is 0 Å². The van der Waals surface area contributed by atoms with E-state index in [4.69, 9.17) is 4.74 Å². The van der Waals surface area contributed by atoms with Gasteiger partial charge in [-0.05, 0) is 64.2 Å². The van der Waals surface area contributed by atoms with Gasteiger partial charge in [-0.2, -0.15) is 0 Å². The predicted molar refractivity (Wildman–Crippen MR) is 123 cm³/mol. The van der Waals surface area contributed by atoms with Crippen LogP contribution in [0.4, 0.5) is 0 Å². The molecular formula is C26H44O2. The molecule has 0 fully saturated rings. The molecule has 0 aliphatic heterocycles. The zero-order chi connectivity index (χ0) is 20.7. The van der Waals surface area contributed by atoms with Crippen LogP contribution in [-0.4, -0.2) is 12.6 Å². The number of carbonyl (C=O) groups excluding carboxylic acids is 1. The van der Waals surface area contributed by atoms with Gasteiger partial charge in [-0.25, -0.2) is 0 Å². The molecule has 160 valence electrons. The molecule has 0 heterocycles. The first-order valence-electron chi connectivity index (χ1n) is 11.4. The Balaban J connectivity index is 3.31. The van der Waals surface area contributed by atoms with Gasteiger partial charge >= 0.3 is 5.97 Å². The second kappa shape index (κ2) is 21.7. The minimum Gasteiger partial charge on any atom is -0.465 e. The van der Waals surface area contributed by atoms with Crippen molar-refractivity contribution in [2.24, 2.45) is 5.92 Å². The minimum absolute atomic E-state index is 0.0127. The first kappa shape index (κ1) is 26.4. The van der Waals surface area contributed by atoms with Crippen molar-refractivity contribution in [3.05, 3.63) is 48.6 Å². The molecule has 0 N–H and O–H groups in total. The molecule has 0 atom stereocenters. The van der Waals surface area contributed by atoms with Crippen LogP contribution >= 0.6 is 0 Å². The normalized spacial score (nSPS) is 12.4. The Morgan fingerprint density at radius 1 is 0.679 bits per heavy atom. The molecule has 0 unspecified atom stereocenters. The monoisotopic (exact) mass is 388 g/mol. The largest absolute Gasteiger partial charge is 0.465 e. The van der Waals surface area contributed by atoms with E-state index in [0.29, 0.717) is 6.61 Å². The third kappa shape index (κ3) is 20.7. The van der Waals surface area contributed by atoms with E-state index in [1.807, 2.05) is 13.8 Å². The van der Waals surface area contributed by atoms with E-state index in [1.165, 1.54) is 44.9 Å². The molecule has 0 saturated heterocycles. The molecule has 0 amide bonds. The van der Waals surface area contributed by atoms with Gasteiger partial charge in [0, 0.05) is 0 Å². The summed E-state index contributed by atoms with van der Waals surface area (Å²) in [6.45, 7) is 6.49. The SMILES string of the molecule is CC/C=C\C/C=C\C/C=C\CCCC/C=C\CCCCCCOC(=O)C(C)C. The van der Waals surface area contributed by atoms with E-state index in [2.05, 4.69) is 55.5 Å². The van der Waals surface area contributed by atoms with Crippen LogP contribution in [0, 0.1) is 5.92 Å². The average molecular weight is 389 g/mol. The number of hydrogen-bond donors (Lipinski definition) is 0. The Morgan fingerprint density at radius 2 is 1.14 bits per heavy atom. The molecule has 0 radical (unpaired) electrons. The van der Waals surface area contributed by atoms with E-state index in [-0.39, 0.29) is 11.9 Å². The maximum Gasteiger partial charge on any atom is 0.308 e. The fourth-order valence-corrected chi connectivity index (χ4v) is 2.64. The van der Waals surface area contributed by atoms with Crippen LogP contribution in [0.25, 0.3) is 0 Å². The van der Waals surface area contributed by atoms with Gasteiger partial charge < -0.3 is 4.74 Å². The summed E-state index contributed by atoms with van der Waals surface area (Å²) in [6.07, 6.45) is 32.1. The van der Waals surface area contributed by atoms with Gasteiger partial charge in [0.2, 0.25) is 0 Å². The Bertz CT molecular complexity index is 455. The highest BCUT2D eigenvalue weighted by molar-refractivity contribution is 5.71. The van der Waals surface area contributed by atoms with Crippen molar-refractivity contribution in [1.82, 2.24) is 0 Å². The molecule has 0 spiro atoms. The number of rotatable bonds is 18. The highest BCUT2D eigenvalue weighted by Gasteiger charge is 2.06. The smallest absolute Gasteiger partial charge is 0.308 e. The van der Waals surface area contributed by atoms with Crippen LogP contribution in [0.1, 0.15) is 97.8 Å². The van der Waals surface area contributed by atoms with Crippen molar-refractivity contribution >= 4 is 5.97 Å². The number of ether oxygens (including phenoxy) is 1. The van der Waals surface area contributed by atoms with Gasteiger partial charge in [-0.15, -0.1) is 0 Å². The first-order chi connectivity index (χ1) is 13.7. The van der Waals surface area contributed by atoms with E-state index >= 15 is 0 Å². The van der Waals surface area contributed by atoms with Crippen LogP contribution in [0.3, 0.4) is 0 Å². The molecule has 0 aromatic rings. The maximum atomic E-state index is 11.3. The van der Waals surface area contributed by atoms with Gasteiger partial charge in [0.05, 0.1) is 12.5 Å². The molecule has 0 aromatic carbocycles. The minimum atomic E-state index is -0.0780. The fraction of sp³-hybridized carbons (Fsp3) is 0.654. The summed E-state index contributed by atoms with van der Waals surface area (Å²) in [4.78, 5) is 11.3. The predicted octanol–water partition coefficient (Wildman–Crippen LogP) is 8.11. The molecule has 2 heteroatoms. The third-order valence-electron chi connectivity index (χ3n) is 4.42. The summed E-state index contributed by atoms with van der Waals surface area (Å²) in [5.74, 6) is -0.0907. The molecule has 0 aromatic heterocycles. The lowest BCUT2D eigenvalue weighted by Gasteiger charge is -2.06. The summed E-state index contributed by atoms with van der Waals surface area (Å²) in [6, 6.07) is 0. The number of unbranched alkanes of at least 4 members (excludes halogenated alkanes) is 7. The number of allylic oxidation sites excluding steroid dienone is 8. The van der Waals surface area contributed by atoms with Gasteiger partial charge in [0.25, 0.3) is 0 Å². The topological polar surface area (TPSA) is 26.3 Å². The van der Waals surface area contributed by atoms with E-state index in [9.17, 15) is 4.79 Å². The molecule has 0 aliphatic carbocycles. The van der Waals surface area contributed by atoms with Crippen molar-refractivity contribution in [3.8, 4) is 0 Å². The zero-order valence-electron chi connectivity index (χ0n) is 18.7. The quantitative estimate of drug-likeness (QED) is 0.135. The average Bonchev–Trinajstić information content (AvgIpc) is 2.68. The van der Waals surface area contributed by atoms with Crippen molar-refractivity contribution in [1.29, 1.82) is 0 Å². The molecule has 0 rings (SSSR count). The van der Waals surface area contributed by atoms with Crippen molar-refractivity contribution in [2.75, 3.05) is 6.61 Å². The highest BCUT2D eigenvalue weighted by atomic mass is 16.5. The van der Waals surface area contributed by atoms with Crippen LogP contribution in [0.5, 0.6) is 0 Å². The standard InChI is InChI=1S/C26H44O2/c1-4-5-6-7-8-9-10-11-12-13-14-15-16-17-18-19-20-21-22-23-24-28-26(27)25(2)3/h5-6,8-9,11-12,17-18,25H,4,7,10,13-16,19-24H2,1-3H3/b6-5-,9-8-,12-11-,18-17-. The Kier molecular flexibility index (Phi) is 20.5. The van der Waals surface area contributed by atoms with Gasteiger partial charge in [0.1, 0.15) is 0 Å². The Morgan fingerprint density at radius 3 is 1.71 bits per heavy atom. The van der Waals surface area contributed by atoms with Crippen LogP contribution in [0.2, 0.25) is 0 Å². The zero-order valence-corrected chi connectivity index (χ0v) is 18.7. The molecule has 0 bridgehead atoms. The van der Waals surface area contributed by atoms with Crippen molar-refractivity contribution in [2.45, 2.75) is 97.8 Å². The first-order valence-corrected chi connectivity index (χ1v) is 11.4. The lowest BCUT2D eigenvalue weighted by atomic mass is 10.1. The van der Waals surface area contributed by atoms with Crippen molar-refractivity contribution in [3.63, 3.8) is 0 Å². The van der Waals surface area contributed by atoms with Crippen molar-refractivity contribution < 1.29 is 9.53 Å². The van der Waals surface area contributed by atoms with Gasteiger partial charge in [-0.3, -0.25) is 4.79 Å². The third-order valence-corrected chi connectivity index (χ3v) is 4.42. The molecule has 0 aliphatic rings. The summed E-state index contributed by atoms with van der Waals surface area (Å²) in [7, 11) is 0. The molecular weight excluding hydrogens is 344 g/mol. The summed E-state index contributed by atoms with van der Waals surface area (Å²) < 4.78 is 5.18. The Hall–Kier alpha value is -1.57. The second-order valence-corrected chi connectivity index (χ2v) is 7.57. The van der Waals surface area contributed by atoms with E-state index in [1.54, 1.807) is 0 Å². The summed E-state index contributed by atoms with van der Waals surface area (Å²) >= 11 is 0. The van der Waals surface area contributed by atoms with Gasteiger partial charge in [-0.1, -0.05) is 82.2 Å². The maximum absolute atomic E-state index is 11.3. The lowest BCUT2D eigenvalue weighted by molar-refractivity contribution is -0.147. The number of carbonyl (C=O) groups is 1. The summed E-state index contributed by atoms with van der Waals surface area (Å²) in [5.41, 5.74) is 0. The Labute approximate surface area is 174 Å². The fourth-order valence-electron chi connectivity index (χ4n) is 2.64. The van der Waals surface area contributed by atoms with E-state index in [0.717, 1.165) is 32.1 Å². The van der Waals surface area contributed by atoms with E-state index < -0.39 is 0 Å². The van der Waals surface area contributed by atoms with Gasteiger partial charge in [0.15, 0.2) is 0 Å². The molecule has 2 nitrogen and oxygen atoms in total. The van der Waals surface area contributed by atoms with Crippen LogP contribution in [0.15, 0.2) is 48.6 Å². The lowest BCUT2D eigenvalue weighted by Crippen LogP contribution is -2.12. The molecule has 28 heavy (non-hydrogen) atoms. The highest BCUT2D eigenvalue weighted by Crippen LogP contribution is 2.07. The number of esters is 1. The second-order valence-electron chi connectivity index (χ2n) is 7.57. The van der Waals surface area contributed by atoms with Crippen LogP contribution in [-0.2, 0) is 9.53 Å².